The van der Waals surface area contributed by atoms with E-state index in [0.717, 1.165) is 37.1 Å². The summed E-state index contributed by atoms with van der Waals surface area (Å²) in [4.78, 5) is 5.41. The number of halogens is 1. The van der Waals surface area contributed by atoms with Crippen molar-refractivity contribution in [2.45, 2.75) is 57.9 Å². The van der Waals surface area contributed by atoms with Crippen molar-refractivity contribution < 1.29 is 21.5 Å². The predicted octanol–water partition coefficient (Wildman–Crippen LogP) is 3.83. The third-order valence-electron chi connectivity index (χ3n) is 8.10. The molecule has 0 saturated carbocycles. The molecule has 0 radical (unpaired) electrons. The van der Waals surface area contributed by atoms with E-state index in [1.165, 1.54) is 69.3 Å². The van der Waals surface area contributed by atoms with Gasteiger partial charge in [0, 0.05) is 44.7 Å². The molecule has 2 aromatic carbocycles. The maximum atomic E-state index is 4.28. The van der Waals surface area contributed by atoms with Crippen LogP contribution in [0.1, 0.15) is 62.6 Å². The molecule has 0 amide bonds. The molecule has 0 aliphatic carbocycles. The fourth-order valence-corrected chi connectivity index (χ4v) is 5.70. The summed E-state index contributed by atoms with van der Waals surface area (Å²) in [7, 11) is 4.85. The van der Waals surface area contributed by atoms with Crippen LogP contribution in [0.15, 0.2) is 73.3 Å². The summed E-state index contributed by atoms with van der Waals surface area (Å²) >= 11 is 0. The van der Waals surface area contributed by atoms with Crippen molar-refractivity contribution in [2.75, 3.05) is 59.9 Å². The number of unbranched alkanes of at least 4 members (excludes halogenated alkanes) is 5. The average molecular weight is 571 g/mol. The Bertz CT molecular complexity index is 846. The van der Waals surface area contributed by atoms with Crippen molar-refractivity contribution in [3.8, 4) is 0 Å². The van der Waals surface area contributed by atoms with Gasteiger partial charge in [-0.1, -0.05) is 99.3 Å². The van der Waals surface area contributed by atoms with Gasteiger partial charge in [-0.3, -0.25) is 9.80 Å². The lowest BCUT2D eigenvalue weighted by atomic mass is 9.86. The van der Waals surface area contributed by atoms with Crippen LogP contribution in [0.5, 0.6) is 0 Å². The van der Waals surface area contributed by atoms with Gasteiger partial charge in [0.15, 0.2) is 0 Å². The van der Waals surface area contributed by atoms with Crippen LogP contribution >= 0.6 is 0 Å². The number of hydrogen-bond acceptors (Lipinski definition) is 2. The summed E-state index contributed by atoms with van der Waals surface area (Å²) in [5.74, 6) is 0.397. The molecule has 1 saturated heterocycles. The average Bonchev–Trinajstić information content (AvgIpc) is 2.91. The predicted molar refractivity (Wildman–Crippen MR) is 156 cm³/mol. The quantitative estimate of drug-likeness (QED) is 0.172. The minimum absolute atomic E-state index is 0. The number of rotatable bonds is 16. The molecule has 0 N–H and O–H groups in total. The van der Waals surface area contributed by atoms with Gasteiger partial charge in [0.2, 0.25) is 0 Å². The molecule has 3 nitrogen and oxygen atoms in total. The normalized spacial score (nSPS) is 16.6. The van der Waals surface area contributed by atoms with Crippen LogP contribution in [0.4, 0.5) is 0 Å². The second-order valence-corrected chi connectivity index (χ2v) is 11.5. The van der Waals surface area contributed by atoms with Gasteiger partial charge in [-0.25, -0.2) is 0 Å². The first-order valence-corrected chi connectivity index (χ1v) is 14.5. The summed E-state index contributed by atoms with van der Waals surface area (Å²) < 4.78 is 1.15. The highest BCUT2D eigenvalue weighted by atomic mass is 79.9. The lowest BCUT2D eigenvalue weighted by molar-refractivity contribution is -0.890. The highest BCUT2D eigenvalue weighted by molar-refractivity contribution is 5.24. The fraction of sp³-hybridized carbons (Fsp3) is 0.576. The van der Waals surface area contributed by atoms with Crippen molar-refractivity contribution in [3.63, 3.8) is 0 Å². The van der Waals surface area contributed by atoms with E-state index < -0.39 is 0 Å². The molecular weight excluding hydrogens is 518 g/mol. The molecule has 4 heteroatoms. The molecule has 206 valence electrons. The van der Waals surface area contributed by atoms with Gasteiger partial charge in [-0.15, -0.1) is 6.58 Å². The molecule has 1 fully saturated rings. The Kier molecular flexibility index (Phi) is 14.8. The second-order valence-electron chi connectivity index (χ2n) is 11.5. The minimum Gasteiger partial charge on any atom is -1.00 e. The molecule has 0 spiro atoms. The van der Waals surface area contributed by atoms with Gasteiger partial charge in [-0.2, -0.15) is 0 Å². The van der Waals surface area contributed by atoms with Crippen LogP contribution < -0.4 is 17.0 Å². The van der Waals surface area contributed by atoms with Gasteiger partial charge in [0.05, 0.1) is 27.2 Å². The van der Waals surface area contributed by atoms with E-state index in [1.54, 1.807) is 0 Å². The van der Waals surface area contributed by atoms with Gasteiger partial charge in [-0.05, 0) is 30.4 Å². The first-order valence-electron chi connectivity index (χ1n) is 14.5. The van der Waals surface area contributed by atoms with Crippen LogP contribution in [-0.2, 0) is 6.42 Å². The van der Waals surface area contributed by atoms with Crippen LogP contribution in [0.3, 0.4) is 0 Å². The van der Waals surface area contributed by atoms with Gasteiger partial charge >= 0.3 is 0 Å². The number of piperazine rings is 1. The number of hydrogen-bond donors (Lipinski definition) is 0. The van der Waals surface area contributed by atoms with E-state index in [0.29, 0.717) is 12.0 Å². The van der Waals surface area contributed by atoms with E-state index >= 15 is 0 Å². The summed E-state index contributed by atoms with van der Waals surface area (Å²) in [6.45, 7) is 14.9. The maximum Gasteiger partial charge on any atom is 0.0911 e. The van der Waals surface area contributed by atoms with Crippen molar-refractivity contribution in [2.24, 2.45) is 5.92 Å². The van der Waals surface area contributed by atoms with Crippen molar-refractivity contribution in [1.29, 1.82) is 0 Å². The molecule has 2 atom stereocenters. The summed E-state index contributed by atoms with van der Waals surface area (Å²) in [5, 5.41) is 0. The van der Waals surface area contributed by atoms with Crippen molar-refractivity contribution >= 4 is 0 Å². The van der Waals surface area contributed by atoms with E-state index in [4.69, 9.17) is 0 Å². The molecule has 0 aromatic heterocycles. The third-order valence-corrected chi connectivity index (χ3v) is 8.10. The highest BCUT2D eigenvalue weighted by Gasteiger charge is 2.30. The zero-order valence-corrected chi connectivity index (χ0v) is 25.4. The molecule has 2 aromatic rings. The van der Waals surface area contributed by atoms with Crippen LogP contribution in [0.2, 0.25) is 0 Å². The number of benzene rings is 2. The summed E-state index contributed by atoms with van der Waals surface area (Å²) in [6, 6.07) is 22.4. The molecular formula is C33H52BrN3. The molecule has 1 heterocycles. The SMILES string of the molecule is C=CC(Cc1ccccc1)C(c1ccccc1)N1CCN(CC[N+](C)(C)CCCCCCCC)CC1.[Br-]. The van der Waals surface area contributed by atoms with Crippen molar-refractivity contribution in [1.82, 2.24) is 9.80 Å². The number of likely N-dealkylation sites (N-methyl/N-ethyl adjacent to an activating group) is 1. The Balaban J connectivity index is 0.00000481. The van der Waals surface area contributed by atoms with E-state index in [2.05, 4.69) is 104 Å². The smallest absolute Gasteiger partial charge is 0.0911 e. The molecule has 1 aliphatic heterocycles. The first kappa shape index (κ1) is 31.8. The lowest BCUT2D eigenvalue weighted by Gasteiger charge is -2.43. The van der Waals surface area contributed by atoms with Crippen LogP contribution in [0, 0.1) is 5.92 Å². The Morgan fingerprint density at radius 1 is 0.811 bits per heavy atom. The molecule has 2 unspecified atom stereocenters. The number of nitrogens with zero attached hydrogens (tertiary/aromatic N) is 3. The molecule has 37 heavy (non-hydrogen) atoms. The Hall–Kier alpha value is -1.46. The second kappa shape index (κ2) is 17.2. The topological polar surface area (TPSA) is 6.48 Å². The number of quaternary nitrogens is 1. The monoisotopic (exact) mass is 569 g/mol. The molecule has 1 aliphatic rings. The maximum absolute atomic E-state index is 4.28. The third kappa shape index (κ3) is 11.0. The van der Waals surface area contributed by atoms with Gasteiger partial charge in [0.25, 0.3) is 0 Å². The molecule has 3 rings (SSSR count). The van der Waals surface area contributed by atoms with E-state index in [9.17, 15) is 0 Å². The van der Waals surface area contributed by atoms with Gasteiger partial charge in [0.1, 0.15) is 0 Å². The first-order chi connectivity index (χ1) is 17.5. The molecule has 0 bridgehead atoms. The van der Waals surface area contributed by atoms with E-state index in [1.807, 2.05) is 0 Å². The zero-order chi connectivity index (χ0) is 25.6. The van der Waals surface area contributed by atoms with Crippen molar-refractivity contribution in [3.05, 3.63) is 84.4 Å². The van der Waals surface area contributed by atoms with Gasteiger partial charge < -0.3 is 21.5 Å². The van der Waals surface area contributed by atoms with E-state index in [-0.39, 0.29) is 17.0 Å². The standard InChI is InChI=1S/C33H52N3.BrH/c1-5-7-8-9-10-17-27-36(3,4)28-26-34-22-24-35(25-23-34)33(32-20-15-12-16-21-32)31(6-2)29-30-18-13-11-14-19-30;/h6,11-16,18-21,31,33H,2,5,7-10,17,22-29H2,1,3-4H3;1H/q+1;/p-1. The van der Waals surface area contributed by atoms with Crippen LogP contribution in [-0.4, -0.2) is 74.2 Å². The minimum atomic E-state index is 0. The zero-order valence-electron chi connectivity index (χ0n) is 23.8. The Labute approximate surface area is 238 Å². The Morgan fingerprint density at radius 3 is 2.03 bits per heavy atom. The fourth-order valence-electron chi connectivity index (χ4n) is 5.70. The highest BCUT2D eigenvalue weighted by Crippen LogP contribution is 2.33. The Morgan fingerprint density at radius 2 is 1.41 bits per heavy atom. The largest absolute Gasteiger partial charge is 1.00 e. The lowest BCUT2D eigenvalue weighted by Crippen LogP contribution is -3.00. The van der Waals surface area contributed by atoms with Crippen LogP contribution in [0.25, 0.3) is 0 Å². The summed E-state index contributed by atoms with van der Waals surface area (Å²) in [5.41, 5.74) is 2.82. The summed E-state index contributed by atoms with van der Waals surface area (Å²) in [6.07, 6.45) is 11.6.